The van der Waals surface area contributed by atoms with Crippen molar-refractivity contribution in [2.75, 3.05) is 25.7 Å². The number of carbonyl (C=O) groups excluding carboxylic acids is 2. The summed E-state index contributed by atoms with van der Waals surface area (Å²) in [4.78, 5) is 41.3. The van der Waals surface area contributed by atoms with E-state index in [0.717, 1.165) is 11.1 Å². The zero-order valence-corrected chi connectivity index (χ0v) is 24.0. The molecule has 216 valence electrons. The Labute approximate surface area is 239 Å². The molecule has 1 atom stereocenters. The van der Waals surface area contributed by atoms with Crippen molar-refractivity contribution in [1.82, 2.24) is 4.90 Å². The fourth-order valence-electron chi connectivity index (χ4n) is 4.84. The minimum absolute atomic E-state index is 0.0912. The highest BCUT2D eigenvalue weighted by Gasteiger charge is 2.37. The zero-order chi connectivity index (χ0) is 29.7. The summed E-state index contributed by atoms with van der Waals surface area (Å²) < 4.78 is 16.2. The monoisotopic (exact) mass is 561 g/mol. The van der Waals surface area contributed by atoms with Gasteiger partial charge in [-0.25, -0.2) is 0 Å². The molecule has 0 saturated carbocycles. The largest absolute Gasteiger partial charge is 0.497 e. The molecule has 0 N–H and O–H groups in total. The number of carbonyl (C=O) groups is 2. The van der Waals surface area contributed by atoms with Gasteiger partial charge in [0.25, 0.3) is 5.69 Å². The van der Waals surface area contributed by atoms with E-state index in [1.807, 2.05) is 69.3 Å². The summed E-state index contributed by atoms with van der Waals surface area (Å²) in [5.74, 6) is 0.666. The number of nitro benzene ring substituents is 1. The third kappa shape index (κ3) is 7.33. The number of nitro groups is 1. The molecule has 1 aliphatic heterocycles. The van der Waals surface area contributed by atoms with Crippen LogP contribution in [0.5, 0.6) is 11.5 Å². The predicted molar refractivity (Wildman–Crippen MR) is 154 cm³/mol. The van der Waals surface area contributed by atoms with Crippen molar-refractivity contribution >= 4 is 23.3 Å². The molecule has 0 aromatic heterocycles. The number of esters is 1. The Morgan fingerprint density at radius 1 is 0.976 bits per heavy atom. The molecule has 0 saturated heterocycles. The first-order chi connectivity index (χ1) is 19.5. The Hall–Kier alpha value is -4.60. The summed E-state index contributed by atoms with van der Waals surface area (Å²) in [6, 6.07) is 18.6. The molecule has 0 spiro atoms. The fourth-order valence-corrected chi connectivity index (χ4v) is 4.84. The molecule has 0 unspecified atom stereocenters. The molecular formula is C31H35N3O7. The molecule has 41 heavy (non-hydrogen) atoms. The number of ether oxygens (including phenoxy) is 3. The number of hydrogen-bond acceptors (Lipinski definition) is 8. The Morgan fingerprint density at radius 3 is 2.20 bits per heavy atom. The number of fused-ring (bicyclic) bond motifs is 1. The predicted octanol–water partition coefficient (Wildman–Crippen LogP) is 4.91. The summed E-state index contributed by atoms with van der Waals surface area (Å²) in [6.07, 6.45) is 0.293. The molecule has 0 radical (unpaired) electrons. The number of amides is 1. The van der Waals surface area contributed by atoms with E-state index in [4.69, 9.17) is 14.2 Å². The first-order valence-corrected chi connectivity index (χ1v) is 13.3. The first-order valence-electron chi connectivity index (χ1n) is 13.3. The number of rotatable bonds is 9. The van der Waals surface area contributed by atoms with E-state index < -0.39 is 16.9 Å². The van der Waals surface area contributed by atoms with Crippen LogP contribution in [0.25, 0.3) is 0 Å². The van der Waals surface area contributed by atoms with Gasteiger partial charge in [0.2, 0.25) is 5.91 Å². The summed E-state index contributed by atoms with van der Waals surface area (Å²) in [5, 5.41) is 11.6. The molecule has 1 heterocycles. The van der Waals surface area contributed by atoms with Crippen molar-refractivity contribution in [3.8, 4) is 11.5 Å². The lowest BCUT2D eigenvalue weighted by Crippen LogP contribution is -2.49. The maximum absolute atomic E-state index is 14.2. The highest BCUT2D eigenvalue weighted by molar-refractivity contribution is 5.90. The first kappa shape index (κ1) is 29.4. The lowest BCUT2D eigenvalue weighted by molar-refractivity contribution is -0.384. The molecule has 0 fully saturated rings. The van der Waals surface area contributed by atoms with Crippen LogP contribution in [-0.4, -0.2) is 54.1 Å². The number of benzene rings is 3. The summed E-state index contributed by atoms with van der Waals surface area (Å²) >= 11 is 0. The van der Waals surface area contributed by atoms with Crippen molar-refractivity contribution in [2.24, 2.45) is 0 Å². The van der Waals surface area contributed by atoms with E-state index in [9.17, 15) is 19.7 Å². The standard InChI is InChI=1S/C31H35N3O7/c1-31(2,3)41-26-13-6-21(7-14-26)16-28-30(36)32(18-22-8-11-25(39-4)12-9-22)19-23-17-24(34(37)38)10-15-27(23)33(28)20-29(35)40-5/h6-15,17,28H,16,18-20H2,1-5H3/t28-/m0/s1. The van der Waals surface area contributed by atoms with Crippen molar-refractivity contribution in [1.29, 1.82) is 0 Å². The topological polar surface area (TPSA) is 111 Å². The Bertz CT molecular complexity index is 1400. The third-order valence-electron chi connectivity index (χ3n) is 6.75. The quantitative estimate of drug-likeness (QED) is 0.206. The Balaban J connectivity index is 1.76. The molecule has 0 aliphatic carbocycles. The second kappa shape index (κ2) is 12.3. The van der Waals surface area contributed by atoms with Crippen LogP contribution in [0.4, 0.5) is 11.4 Å². The molecular weight excluding hydrogens is 526 g/mol. The van der Waals surface area contributed by atoms with Gasteiger partial charge >= 0.3 is 5.97 Å². The van der Waals surface area contributed by atoms with Gasteiger partial charge in [0.1, 0.15) is 29.7 Å². The maximum Gasteiger partial charge on any atom is 0.325 e. The highest BCUT2D eigenvalue weighted by Crippen LogP contribution is 2.34. The average Bonchev–Trinajstić information content (AvgIpc) is 3.03. The second-order valence-corrected chi connectivity index (χ2v) is 10.9. The van der Waals surface area contributed by atoms with Gasteiger partial charge in [-0.3, -0.25) is 19.7 Å². The van der Waals surface area contributed by atoms with Crippen LogP contribution in [0.3, 0.4) is 0 Å². The molecule has 3 aromatic carbocycles. The van der Waals surface area contributed by atoms with E-state index in [1.165, 1.54) is 19.2 Å². The van der Waals surface area contributed by atoms with Gasteiger partial charge in [-0.15, -0.1) is 0 Å². The van der Waals surface area contributed by atoms with Gasteiger partial charge in [0.15, 0.2) is 0 Å². The minimum atomic E-state index is -0.774. The lowest BCUT2D eigenvalue weighted by Gasteiger charge is -2.32. The summed E-state index contributed by atoms with van der Waals surface area (Å²) in [7, 11) is 2.87. The van der Waals surface area contributed by atoms with Crippen LogP contribution in [0.2, 0.25) is 0 Å². The second-order valence-electron chi connectivity index (χ2n) is 10.9. The van der Waals surface area contributed by atoms with Crippen LogP contribution in [0, 0.1) is 10.1 Å². The smallest absolute Gasteiger partial charge is 0.325 e. The molecule has 0 bridgehead atoms. The van der Waals surface area contributed by atoms with Crippen molar-refractivity contribution in [3.05, 3.63) is 93.5 Å². The number of nitrogens with zero attached hydrogens (tertiary/aromatic N) is 3. The number of hydrogen-bond donors (Lipinski definition) is 0. The molecule has 1 amide bonds. The number of anilines is 1. The molecule has 3 aromatic rings. The average molecular weight is 562 g/mol. The van der Waals surface area contributed by atoms with Crippen LogP contribution >= 0.6 is 0 Å². The van der Waals surface area contributed by atoms with Crippen LogP contribution in [0.15, 0.2) is 66.7 Å². The highest BCUT2D eigenvalue weighted by atomic mass is 16.6. The van der Waals surface area contributed by atoms with Crippen molar-refractivity contribution in [2.45, 2.75) is 51.9 Å². The zero-order valence-electron chi connectivity index (χ0n) is 24.0. The normalized spacial score (nSPS) is 15.1. The van der Waals surface area contributed by atoms with Gasteiger partial charge in [-0.1, -0.05) is 24.3 Å². The molecule has 10 heteroatoms. The van der Waals surface area contributed by atoms with E-state index in [0.29, 0.717) is 29.2 Å². The minimum Gasteiger partial charge on any atom is -0.497 e. The van der Waals surface area contributed by atoms with Gasteiger partial charge in [0.05, 0.1) is 19.1 Å². The Kier molecular flexibility index (Phi) is 8.80. The van der Waals surface area contributed by atoms with E-state index in [2.05, 4.69) is 0 Å². The maximum atomic E-state index is 14.2. The van der Waals surface area contributed by atoms with Crippen LogP contribution in [-0.2, 0) is 33.8 Å². The molecule has 1 aliphatic rings. The number of methoxy groups -OCH3 is 2. The fraction of sp³-hybridized carbons (Fsp3) is 0.355. The molecule has 10 nitrogen and oxygen atoms in total. The Morgan fingerprint density at radius 2 is 1.61 bits per heavy atom. The van der Waals surface area contributed by atoms with Crippen molar-refractivity contribution < 1.29 is 28.7 Å². The van der Waals surface area contributed by atoms with Gasteiger partial charge in [0, 0.05) is 42.9 Å². The van der Waals surface area contributed by atoms with Crippen molar-refractivity contribution in [3.63, 3.8) is 0 Å². The van der Waals surface area contributed by atoms with Gasteiger partial charge < -0.3 is 24.0 Å². The molecule has 4 rings (SSSR count). The van der Waals surface area contributed by atoms with Crippen LogP contribution < -0.4 is 14.4 Å². The van der Waals surface area contributed by atoms with Gasteiger partial charge in [-0.05, 0) is 62.2 Å². The van der Waals surface area contributed by atoms with Crippen LogP contribution in [0.1, 0.15) is 37.5 Å². The third-order valence-corrected chi connectivity index (χ3v) is 6.75. The van der Waals surface area contributed by atoms with Gasteiger partial charge in [-0.2, -0.15) is 0 Å². The number of non-ortho nitro benzene ring substituents is 1. The summed E-state index contributed by atoms with van der Waals surface area (Å²) in [5.41, 5.74) is 2.44. The van der Waals surface area contributed by atoms with E-state index >= 15 is 0 Å². The van der Waals surface area contributed by atoms with E-state index in [-0.39, 0.29) is 36.8 Å². The van der Waals surface area contributed by atoms with E-state index in [1.54, 1.807) is 23.0 Å². The SMILES string of the molecule is COC(=O)CN1c2ccc([N+](=O)[O-])cc2CN(Cc2ccc(OC)cc2)C(=O)[C@@H]1Cc1ccc(OC(C)(C)C)cc1. The summed E-state index contributed by atoms with van der Waals surface area (Å²) in [6.45, 7) is 6.11. The lowest BCUT2D eigenvalue weighted by atomic mass is 10.0.